The molecule has 0 amide bonds. The van der Waals surface area contributed by atoms with Crippen molar-refractivity contribution in [1.82, 2.24) is 9.13 Å². The molecule has 4 nitrogen and oxygen atoms in total. The van der Waals surface area contributed by atoms with Crippen LogP contribution in [-0.2, 0) is 0 Å². The van der Waals surface area contributed by atoms with E-state index in [4.69, 9.17) is 0 Å². The third kappa shape index (κ3) is 4.22. The van der Waals surface area contributed by atoms with Crippen LogP contribution >= 0.6 is 0 Å². The Morgan fingerprint density at radius 1 is 0.375 bits per heavy atom. The topological polar surface area (TPSA) is 57.4 Å². The number of nitrogens with zero attached hydrogens (tertiary/aromatic N) is 4. The summed E-state index contributed by atoms with van der Waals surface area (Å²) in [5, 5.41) is 24.3. The summed E-state index contributed by atoms with van der Waals surface area (Å²) in [4.78, 5) is 0. The zero-order chi connectivity index (χ0) is 32.2. The number of rotatable bonds is 4. The highest BCUT2D eigenvalue weighted by Gasteiger charge is 2.17. The van der Waals surface area contributed by atoms with Gasteiger partial charge in [-0.2, -0.15) is 10.5 Å². The molecule has 0 fully saturated rings. The predicted octanol–water partition coefficient (Wildman–Crippen LogP) is 11.0. The number of para-hydroxylation sites is 3. The van der Waals surface area contributed by atoms with E-state index in [1.165, 1.54) is 21.8 Å². The molecule has 48 heavy (non-hydrogen) atoms. The quantitative estimate of drug-likeness (QED) is 0.199. The maximum absolute atomic E-state index is 10.0. The van der Waals surface area contributed by atoms with Crippen LogP contribution in [0.2, 0.25) is 0 Å². The lowest BCUT2D eigenvalue weighted by atomic mass is 9.95. The third-order valence-corrected chi connectivity index (χ3v) is 9.38. The minimum Gasteiger partial charge on any atom is -0.309 e. The van der Waals surface area contributed by atoms with E-state index in [1.54, 1.807) is 0 Å². The van der Waals surface area contributed by atoms with Crippen molar-refractivity contribution in [3.05, 3.63) is 169 Å². The van der Waals surface area contributed by atoms with Crippen molar-refractivity contribution < 1.29 is 0 Å². The van der Waals surface area contributed by atoms with Gasteiger partial charge in [0.15, 0.2) is 0 Å². The molecule has 0 bridgehead atoms. The second-order valence-corrected chi connectivity index (χ2v) is 12.0. The van der Waals surface area contributed by atoms with Crippen LogP contribution in [0.4, 0.5) is 0 Å². The summed E-state index contributed by atoms with van der Waals surface area (Å²) in [6.45, 7) is 0. The van der Waals surface area contributed by atoms with Gasteiger partial charge in [-0.1, -0.05) is 84.9 Å². The summed E-state index contributed by atoms with van der Waals surface area (Å²) in [6, 6.07) is 59.0. The van der Waals surface area contributed by atoms with Gasteiger partial charge in [0.25, 0.3) is 0 Å². The van der Waals surface area contributed by atoms with Crippen molar-refractivity contribution in [2.45, 2.75) is 0 Å². The molecule has 0 saturated heterocycles. The molecule has 9 aromatic rings. The van der Waals surface area contributed by atoms with Crippen LogP contribution < -0.4 is 0 Å². The van der Waals surface area contributed by atoms with Gasteiger partial charge < -0.3 is 9.13 Å². The van der Waals surface area contributed by atoms with Gasteiger partial charge in [-0.15, -0.1) is 0 Å². The van der Waals surface area contributed by atoms with Crippen molar-refractivity contribution in [3.63, 3.8) is 0 Å². The molecular formula is C44H26N4. The van der Waals surface area contributed by atoms with Crippen LogP contribution in [-0.4, -0.2) is 9.13 Å². The van der Waals surface area contributed by atoms with Crippen LogP contribution in [0.25, 0.3) is 77.2 Å². The van der Waals surface area contributed by atoms with E-state index in [2.05, 4.69) is 124 Å². The van der Waals surface area contributed by atoms with Gasteiger partial charge in [0.2, 0.25) is 0 Å². The van der Waals surface area contributed by atoms with Crippen molar-refractivity contribution in [2.75, 3.05) is 0 Å². The standard InChI is InChI=1S/C44H26N4/c45-27-29-17-22-44-40(23-29)39-13-5-8-16-43(39)48(44)35-25-32(24-33(26-35)36-10-2-1-9-31(36)28-46)30-18-20-34(21-19-30)47-41-14-6-3-11-37(41)38-12-4-7-15-42(38)47/h1-26H. The maximum atomic E-state index is 10.0. The first-order valence-corrected chi connectivity index (χ1v) is 15.9. The number of hydrogen-bond acceptors (Lipinski definition) is 2. The molecular weight excluding hydrogens is 585 g/mol. The molecule has 0 spiro atoms. The summed E-state index contributed by atoms with van der Waals surface area (Å²) in [6.07, 6.45) is 0. The van der Waals surface area contributed by atoms with Crippen LogP contribution in [0.15, 0.2) is 158 Å². The highest BCUT2D eigenvalue weighted by molar-refractivity contribution is 6.10. The highest BCUT2D eigenvalue weighted by Crippen LogP contribution is 2.38. The van der Waals surface area contributed by atoms with E-state index in [9.17, 15) is 10.5 Å². The second-order valence-electron chi connectivity index (χ2n) is 12.0. The normalized spacial score (nSPS) is 11.3. The van der Waals surface area contributed by atoms with E-state index in [0.29, 0.717) is 11.1 Å². The molecule has 7 aromatic carbocycles. The molecule has 0 aliphatic heterocycles. The van der Waals surface area contributed by atoms with Crippen molar-refractivity contribution in [2.24, 2.45) is 0 Å². The van der Waals surface area contributed by atoms with E-state index >= 15 is 0 Å². The maximum Gasteiger partial charge on any atom is 0.0998 e. The Morgan fingerprint density at radius 3 is 1.56 bits per heavy atom. The van der Waals surface area contributed by atoms with Crippen molar-refractivity contribution in [3.8, 4) is 45.8 Å². The second kappa shape index (κ2) is 10.9. The monoisotopic (exact) mass is 610 g/mol. The number of benzene rings is 7. The van der Waals surface area contributed by atoms with Gasteiger partial charge in [-0.25, -0.2) is 0 Å². The van der Waals surface area contributed by atoms with Crippen LogP contribution in [0, 0.1) is 22.7 Å². The van der Waals surface area contributed by atoms with Gasteiger partial charge in [0, 0.05) is 32.9 Å². The van der Waals surface area contributed by atoms with Crippen LogP contribution in [0.3, 0.4) is 0 Å². The minimum atomic E-state index is 0.628. The number of fused-ring (bicyclic) bond motifs is 6. The average molecular weight is 611 g/mol. The van der Waals surface area contributed by atoms with Crippen molar-refractivity contribution >= 4 is 43.6 Å². The Kier molecular flexibility index (Phi) is 6.22. The molecule has 0 radical (unpaired) electrons. The lowest BCUT2D eigenvalue weighted by molar-refractivity contribution is 1.18. The molecule has 0 saturated carbocycles. The molecule has 0 atom stereocenters. The molecule has 4 heteroatoms. The first kappa shape index (κ1) is 27.4. The van der Waals surface area contributed by atoms with Crippen molar-refractivity contribution in [1.29, 1.82) is 10.5 Å². The molecule has 0 N–H and O–H groups in total. The average Bonchev–Trinajstić information content (AvgIpc) is 3.67. The Labute approximate surface area is 277 Å². The van der Waals surface area contributed by atoms with Gasteiger partial charge in [0.05, 0.1) is 45.3 Å². The Hall–Kier alpha value is -6.88. The fourth-order valence-corrected chi connectivity index (χ4v) is 7.22. The summed E-state index contributed by atoms with van der Waals surface area (Å²) < 4.78 is 4.59. The van der Waals surface area contributed by atoms with Gasteiger partial charge in [0.1, 0.15) is 0 Å². The molecule has 9 rings (SSSR count). The summed E-state index contributed by atoms with van der Waals surface area (Å²) in [5.74, 6) is 0. The summed E-state index contributed by atoms with van der Waals surface area (Å²) in [7, 11) is 0. The zero-order valence-electron chi connectivity index (χ0n) is 25.8. The summed E-state index contributed by atoms with van der Waals surface area (Å²) in [5.41, 5.74) is 11.7. The molecule has 222 valence electrons. The fourth-order valence-electron chi connectivity index (χ4n) is 7.22. The SMILES string of the molecule is N#Cc1ccc2c(c1)c1ccccc1n2-c1cc(-c2ccc(-n3c4ccccc4c4ccccc43)cc2)cc(-c2ccccc2C#N)c1. The zero-order valence-corrected chi connectivity index (χ0v) is 25.8. The van der Waals surface area contributed by atoms with E-state index in [1.807, 2.05) is 54.6 Å². The number of hydrogen-bond donors (Lipinski definition) is 0. The molecule has 0 aliphatic carbocycles. The molecule has 0 aliphatic rings. The number of nitriles is 2. The first-order valence-electron chi connectivity index (χ1n) is 15.9. The Bertz CT molecular complexity index is 2750. The molecule has 2 heterocycles. The van der Waals surface area contributed by atoms with Gasteiger partial charge in [-0.3, -0.25) is 0 Å². The molecule has 2 aromatic heterocycles. The third-order valence-electron chi connectivity index (χ3n) is 9.38. The first-order chi connectivity index (χ1) is 23.7. The Balaban J connectivity index is 1.27. The highest BCUT2D eigenvalue weighted by atomic mass is 15.0. The van der Waals surface area contributed by atoms with Crippen LogP contribution in [0.5, 0.6) is 0 Å². The Morgan fingerprint density at radius 2 is 0.917 bits per heavy atom. The minimum absolute atomic E-state index is 0.628. The lowest BCUT2D eigenvalue weighted by Gasteiger charge is -2.15. The van der Waals surface area contributed by atoms with Gasteiger partial charge in [-0.05, 0) is 95.1 Å². The van der Waals surface area contributed by atoms with Crippen LogP contribution in [0.1, 0.15) is 11.1 Å². The lowest BCUT2D eigenvalue weighted by Crippen LogP contribution is -1.97. The summed E-state index contributed by atoms with van der Waals surface area (Å²) >= 11 is 0. The molecule has 0 unspecified atom stereocenters. The number of aromatic nitrogens is 2. The van der Waals surface area contributed by atoms with Gasteiger partial charge >= 0.3 is 0 Å². The smallest absolute Gasteiger partial charge is 0.0998 e. The predicted molar refractivity (Wildman–Crippen MR) is 195 cm³/mol. The fraction of sp³-hybridized carbons (Fsp3) is 0. The van der Waals surface area contributed by atoms with E-state index in [-0.39, 0.29) is 0 Å². The largest absolute Gasteiger partial charge is 0.309 e. The van der Waals surface area contributed by atoms with E-state index < -0.39 is 0 Å². The van der Waals surface area contributed by atoms with E-state index in [0.717, 1.165) is 55.4 Å².